The SMILES string of the molecule is CNC(=O)CCNS(=O)(=O)c1cc(Cl)c(Br)s1. The zero-order chi connectivity index (χ0) is 13.1. The monoisotopic (exact) mass is 360 g/mol. The minimum atomic E-state index is -3.59. The smallest absolute Gasteiger partial charge is 0.250 e. The summed E-state index contributed by atoms with van der Waals surface area (Å²) in [6.07, 6.45) is 0.0933. The van der Waals surface area contributed by atoms with Crippen molar-refractivity contribution in [2.45, 2.75) is 10.6 Å². The van der Waals surface area contributed by atoms with E-state index in [-0.39, 0.29) is 23.1 Å². The highest BCUT2D eigenvalue weighted by molar-refractivity contribution is 9.11. The average Bonchev–Trinajstić information content (AvgIpc) is 2.59. The fraction of sp³-hybridized carbons (Fsp3) is 0.375. The Labute approximate surface area is 117 Å². The van der Waals surface area contributed by atoms with Crippen LogP contribution in [-0.2, 0) is 14.8 Å². The van der Waals surface area contributed by atoms with Gasteiger partial charge in [-0.05, 0) is 22.0 Å². The van der Waals surface area contributed by atoms with Gasteiger partial charge in [0.05, 0.1) is 8.81 Å². The third-order valence-corrected chi connectivity index (χ3v) is 6.22. The Morgan fingerprint density at radius 2 is 2.24 bits per heavy atom. The molecule has 0 radical (unpaired) electrons. The van der Waals surface area contributed by atoms with E-state index in [1.54, 1.807) is 0 Å². The van der Waals surface area contributed by atoms with Crippen LogP contribution in [0.3, 0.4) is 0 Å². The standard InChI is InChI=1S/C8H10BrClN2O3S2/c1-11-6(13)2-3-12-17(14,15)7-4-5(10)8(9)16-7/h4,12H,2-3H2,1H3,(H,11,13). The first-order valence-corrected chi connectivity index (χ1v) is 7.99. The number of rotatable bonds is 5. The van der Waals surface area contributed by atoms with E-state index in [1.807, 2.05) is 0 Å². The van der Waals surface area contributed by atoms with Gasteiger partial charge in [-0.2, -0.15) is 0 Å². The van der Waals surface area contributed by atoms with Gasteiger partial charge in [-0.1, -0.05) is 11.6 Å². The predicted octanol–water partition coefficient (Wildman–Crippen LogP) is 1.58. The Morgan fingerprint density at radius 3 is 2.71 bits per heavy atom. The van der Waals surface area contributed by atoms with Crippen molar-refractivity contribution in [3.05, 3.63) is 14.9 Å². The van der Waals surface area contributed by atoms with Crippen molar-refractivity contribution in [1.82, 2.24) is 10.0 Å². The van der Waals surface area contributed by atoms with Gasteiger partial charge in [0.25, 0.3) is 0 Å². The maximum absolute atomic E-state index is 11.8. The number of hydrogen-bond acceptors (Lipinski definition) is 4. The minimum absolute atomic E-state index is 0.0507. The normalized spacial score (nSPS) is 11.5. The molecule has 0 fully saturated rings. The average molecular weight is 362 g/mol. The van der Waals surface area contributed by atoms with Crippen molar-refractivity contribution in [2.75, 3.05) is 13.6 Å². The largest absolute Gasteiger partial charge is 0.359 e. The molecule has 1 rings (SSSR count). The van der Waals surface area contributed by atoms with E-state index in [9.17, 15) is 13.2 Å². The third-order valence-electron chi connectivity index (χ3n) is 1.81. The maximum atomic E-state index is 11.8. The first kappa shape index (κ1) is 14.9. The van der Waals surface area contributed by atoms with E-state index in [2.05, 4.69) is 26.0 Å². The van der Waals surface area contributed by atoms with Crippen LogP contribution in [0.2, 0.25) is 5.02 Å². The predicted molar refractivity (Wildman–Crippen MR) is 70.9 cm³/mol. The molecule has 1 amide bonds. The van der Waals surface area contributed by atoms with Crippen molar-refractivity contribution < 1.29 is 13.2 Å². The third kappa shape index (κ3) is 4.22. The van der Waals surface area contributed by atoms with Gasteiger partial charge in [-0.15, -0.1) is 11.3 Å². The Hall–Kier alpha value is -0.150. The summed E-state index contributed by atoms with van der Waals surface area (Å²) in [7, 11) is -2.10. The van der Waals surface area contributed by atoms with E-state index in [1.165, 1.54) is 13.1 Å². The van der Waals surface area contributed by atoms with Crippen molar-refractivity contribution >= 4 is 54.8 Å². The summed E-state index contributed by atoms with van der Waals surface area (Å²) in [6.45, 7) is 0.0507. The van der Waals surface area contributed by atoms with Crippen LogP contribution in [0.5, 0.6) is 0 Å². The summed E-state index contributed by atoms with van der Waals surface area (Å²) >= 11 is 9.91. The summed E-state index contributed by atoms with van der Waals surface area (Å²) in [4.78, 5) is 10.9. The Kier molecular flexibility index (Phi) is 5.39. The lowest BCUT2D eigenvalue weighted by molar-refractivity contribution is -0.120. The zero-order valence-corrected chi connectivity index (χ0v) is 12.8. The first-order chi connectivity index (χ1) is 7.86. The minimum Gasteiger partial charge on any atom is -0.359 e. The molecule has 0 aliphatic heterocycles. The molecule has 0 atom stereocenters. The number of carbonyl (C=O) groups excluding carboxylic acids is 1. The van der Waals surface area contributed by atoms with Crippen LogP contribution in [0.4, 0.5) is 0 Å². The fourth-order valence-electron chi connectivity index (χ4n) is 0.954. The van der Waals surface area contributed by atoms with Gasteiger partial charge in [0.2, 0.25) is 15.9 Å². The molecule has 2 N–H and O–H groups in total. The summed E-state index contributed by atoms with van der Waals surface area (Å²) in [5.74, 6) is -0.224. The van der Waals surface area contributed by atoms with Gasteiger partial charge in [0.1, 0.15) is 4.21 Å². The lowest BCUT2D eigenvalue weighted by Gasteiger charge is -2.03. The highest BCUT2D eigenvalue weighted by Crippen LogP contribution is 2.34. The Balaban J connectivity index is 2.66. The number of amides is 1. The highest BCUT2D eigenvalue weighted by atomic mass is 79.9. The molecule has 0 spiro atoms. The molecule has 0 saturated carbocycles. The molecule has 0 aliphatic carbocycles. The van der Waals surface area contributed by atoms with E-state index in [0.717, 1.165) is 11.3 Å². The van der Waals surface area contributed by atoms with Crippen molar-refractivity contribution in [3.8, 4) is 0 Å². The molecule has 1 heterocycles. The molecule has 5 nitrogen and oxygen atoms in total. The Morgan fingerprint density at radius 1 is 1.59 bits per heavy atom. The van der Waals surface area contributed by atoms with Gasteiger partial charge in [0, 0.05) is 20.0 Å². The van der Waals surface area contributed by atoms with E-state index >= 15 is 0 Å². The molecule has 1 aromatic rings. The molecule has 1 aromatic heterocycles. The Bertz CT molecular complexity index is 495. The van der Waals surface area contributed by atoms with E-state index in [0.29, 0.717) is 8.81 Å². The number of thiophene rings is 1. The summed E-state index contributed by atoms with van der Waals surface area (Å²) in [5.41, 5.74) is 0. The van der Waals surface area contributed by atoms with E-state index < -0.39 is 10.0 Å². The van der Waals surface area contributed by atoms with Crippen molar-refractivity contribution in [2.24, 2.45) is 0 Å². The molecule has 96 valence electrons. The molecular weight excluding hydrogens is 352 g/mol. The van der Waals surface area contributed by atoms with Gasteiger partial charge < -0.3 is 5.32 Å². The number of sulfonamides is 1. The fourth-order valence-corrected chi connectivity index (χ4v) is 4.43. The molecule has 17 heavy (non-hydrogen) atoms. The molecular formula is C8H10BrClN2O3S2. The molecule has 0 aliphatic rings. The van der Waals surface area contributed by atoms with Crippen LogP contribution < -0.4 is 10.0 Å². The number of nitrogens with one attached hydrogen (secondary N) is 2. The number of hydrogen-bond donors (Lipinski definition) is 2. The first-order valence-electron chi connectivity index (χ1n) is 4.52. The van der Waals surface area contributed by atoms with Crippen LogP contribution in [0.25, 0.3) is 0 Å². The van der Waals surface area contributed by atoms with Crippen LogP contribution >= 0.6 is 38.9 Å². The second-order valence-corrected chi connectivity index (χ2v) is 7.78. The van der Waals surface area contributed by atoms with Crippen LogP contribution in [0.1, 0.15) is 6.42 Å². The number of halogens is 2. The van der Waals surface area contributed by atoms with Gasteiger partial charge in [-0.25, -0.2) is 13.1 Å². The lowest BCUT2D eigenvalue weighted by atomic mass is 10.4. The van der Waals surface area contributed by atoms with Gasteiger partial charge in [0.15, 0.2) is 0 Å². The lowest BCUT2D eigenvalue weighted by Crippen LogP contribution is -2.28. The van der Waals surface area contributed by atoms with Gasteiger partial charge in [-0.3, -0.25) is 4.79 Å². The molecule has 0 bridgehead atoms. The zero-order valence-electron chi connectivity index (χ0n) is 8.79. The number of carbonyl (C=O) groups is 1. The topological polar surface area (TPSA) is 75.3 Å². The van der Waals surface area contributed by atoms with E-state index in [4.69, 9.17) is 11.6 Å². The summed E-state index contributed by atoms with van der Waals surface area (Å²) in [6, 6.07) is 1.36. The highest BCUT2D eigenvalue weighted by Gasteiger charge is 2.18. The maximum Gasteiger partial charge on any atom is 0.250 e. The molecule has 0 unspecified atom stereocenters. The molecule has 9 heteroatoms. The molecule has 0 aromatic carbocycles. The van der Waals surface area contributed by atoms with Crippen molar-refractivity contribution in [3.63, 3.8) is 0 Å². The quantitative estimate of drug-likeness (QED) is 0.836. The summed E-state index contributed by atoms with van der Waals surface area (Å²) in [5, 5.41) is 2.75. The van der Waals surface area contributed by atoms with Crippen molar-refractivity contribution in [1.29, 1.82) is 0 Å². The van der Waals surface area contributed by atoms with Gasteiger partial charge >= 0.3 is 0 Å². The van der Waals surface area contributed by atoms with Crippen LogP contribution in [-0.4, -0.2) is 27.9 Å². The van der Waals surface area contributed by atoms with Crippen LogP contribution in [0, 0.1) is 0 Å². The van der Waals surface area contributed by atoms with Crippen LogP contribution in [0.15, 0.2) is 14.1 Å². The summed E-state index contributed by atoms with van der Waals surface area (Å²) < 4.78 is 26.5. The second kappa shape index (κ2) is 6.14. The molecule has 0 saturated heterocycles. The second-order valence-electron chi connectivity index (χ2n) is 3.01.